The molecule has 22 heavy (non-hydrogen) atoms. The van der Waals surface area contributed by atoms with Crippen LogP contribution in [0.25, 0.3) is 0 Å². The fourth-order valence-corrected chi connectivity index (χ4v) is 1.84. The van der Waals surface area contributed by atoms with Gasteiger partial charge in [0.2, 0.25) is 0 Å². The number of anilines is 1. The molecule has 110 valence electrons. The Morgan fingerprint density at radius 3 is 2.59 bits per heavy atom. The summed E-state index contributed by atoms with van der Waals surface area (Å²) in [5.41, 5.74) is 0.771. The van der Waals surface area contributed by atoms with Crippen molar-refractivity contribution in [3.8, 4) is 12.3 Å². The summed E-state index contributed by atoms with van der Waals surface area (Å²) in [4.78, 5) is 24.1. The molecular weight excluding hydrogens is 283 g/mol. The van der Waals surface area contributed by atoms with Gasteiger partial charge in [0.1, 0.15) is 5.82 Å². The predicted molar refractivity (Wildman–Crippen MR) is 82.0 cm³/mol. The Hall–Kier alpha value is -3.13. The van der Waals surface area contributed by atoms with Crippen molar-refractivity contribution < 1.29 is 14.0 Å². The fraction of sp³-hybridized carbons (Fsp3) is 0.0588. The summed E-state index contributed by atoms with van der Waals surface area (Å²) in [6, 6.07) is 11.8. The molecule has 0 aromatic heterocycles. The molecule has 5 heteroatoms. The highest BCUT2D eigenvalue weighted by molar-refractivity contribution is 6.09. The standard InChI is InChI=1S/C17H13FN2O2/c1-2-10-19-17(22)14-8-3-4-9-15(14)20-16(21)12-6-5-7-13(18)11-12/h1,3-9,11H,10H2,(H,19,22)(H,20,21). The second kappa shape index (κ2) is 7.04. The average molecular weight is 296 g/mol. The summed E-state index contributed by atoms with van der Waals surface area (Å²) in [7, 11) is 0. The molecule has 0 radical (unpaired) electrons. The zero-order valence-corrected chi connectivity index (χ0v) is 11.6. The normalized spacial score (nSPS) is 9.64. The van der Waals surface area contributed by atoms with Crippen LogP contribution in [0.2, 0.25) is 0 Å². The molecule has 2 rings (SSSR count). The van der Waals surface area contributed by atoms with E-state index in [9.17, 15) is 14.0 Å². The number of rotatable bonds is 4. The van der Waals surface area contributed by atoms with Crippen molar-refractivity contribution in [2.45, 2.75) is 0 Å². The third-order valence-corrected chi connectivity index (χ3v) is 2.86. The van der Waals surface area contributed by atoms with Crippen LogP contribution in [0.15, 0.2) is 48.5 Å². The van der Waals surface area contributed by atoms with E-state index in [4.69, 9.17) is 6.42 Å². The first-order valence-corrected chi connectivity index (χ1v) is 6.49. The van der Waals surface area contributed by atoms with Crippen molar-refractivity contribution in [2.24, 2.45) is 0 Å². The molecule has 2 N–H and O–H groups in total. The van der Waals surface area contributed by atoms with Gasteiger partial charge in [0.25, 0.3) is 11.8 Å². The Labute approximate surface area is 127 Å². The van der Waals surface area contributed by atoms with E-state index in [1.807, 2.05) is 0 Å². The maximum atomic E-state index is 13.2. The molecule has 2 amide bonds. The van der Waals surface area contributed by atoms with Crippen LogP contribution in [0.4, 0.5) is 10.1 Å². The monoisotopic (exact) mass is 296 g/mol. The molecule has 2 aromatic carbocycles. The molecule has 4 nitrogen and oxygen atoms in total. The maximum absolute atomic E-state index is 13.2. The minimum absolute atomic E-state index is 0.0883. The topological polar surface area (TPSA) is 58.2 Å². The van der Waals surface area contributed by atoms with Gasteiger partial charge >= 0.3 is 0 Å². The van der Waals surface area contributed by atoms with Crippen LogP contribution in [-0.4, -0.2) is 18.4 Å². The second-order valence-corrected chi connectivity index (χ2v) is 4.40. The highest BCUT2D eigenvalue weighted by Crippen LogP contribution is 2.16. The summed E-state index contributed by atoms with van der Waals surface area (Å²) in [6.45, 7) is 0.0883. The number of carbonyl (C=O) groups is 2. The fourth-order valence-electron chi connectivity index (χ4n) is 1.84. The summed E-state index contributed by atoms with van der Waals surface area (Å²) in [6.07, 6.45) is 5.09. The largest absolute Gasteiger partial charge is 0.341 e. The smallest absolute Gasteiger partial charge is 0.255 e. The molecule has 0 atom stereocenters. The Bertz CT molecular complexity index is 750. The number of carbonyl (C=O) groups excluding carboxylic acids is 2. The molecule has 0 spiro atoms. The molecular formula is C17H13FN2O2. The van der Waals surface area contributed by atoms with E-state index >= 15 is 0 Å². The van der Waals surface area contributed by atoms with Crippen molar-refractivity contribution >= 4 is 17.5 Å². The number of hydrogen-bond acceptors (Lipinski definition) is 2. The maximum Gasteiger partial charge on any atom is 0.255 e. The van der Waals surface area contributed by atoms with Crippen molar-refractivity contribution in [2.75, 3.05) is 11.9 Å². The van der Waals surface area contributed by atoms with E-state index in [2.05, 4.69) is 16.6 Å². The average Bonchev–Trinajstić information content (AvgIpc) is 2.53. The Morgan fingerprint density at radius 1 is 1.09 bits per heavy atom. The highest BCUT2D eigenvalue weighted by atomic mass is 19.1. The van der Waals surface area contributed by atoms with Crippen LogP contribution >= 0.6 is 0 Å². The van der Waals surface area contributed by atoms with E-state index in [0.717, 1.165) is 6.07 Å². The van der Waals surface area contributed by atoms with Crippen LogP contribution in [-0.2, 0) is 0 Å². The molecule has 2 aromatic rings. The van der Waals surface area contributed by atoms with Gasteiger partial charge in [0.15, 0.2) is 0 Å². The van der Waals surface area contributed by atoms with E-state index in [1.54, 1.807) is 24.3 Å². The summed E-state index contributed by atoms with van der Waals surface area (Å²) in [5, 5.41) is 5.12. The van der Waals surface area contributed by atoms with Gasteiger partial charge in [-0.2, -0.15) is 0 Å². The number of para-hydroxylation sites is 1. The molecule has 0 unspecified atom stereocenters. The Morgan fingerprint density at radius 2 is 1.86 bits per heavy atom. The van der Waals surface area contributed by atoms with Gasteiger partial charge in [-0.05, 0) is 30.3 Å². The van der Waals surface area contributed by atoms with Crippen LogP contribution in [0, 0.1) is 18.2 Å². The van der Waals surface area contributed by atoms with Gasteiger partial charge < -0.3 is 10.6 Å². The number of amides is 2. The molecule has 0 aliphatic rings. The van der Waals surface area contributed by atoms with Gasteiger partial charge in [0, 0.05) is 5.56 Å². The first-order valence-electron chi connectivity index (χ1n) is 6.49. The van der Waals surface area contributed by atoms with E-state index in [1.165, 1.54) is 18.2 Å². The van der Waals surface area contributed by atoms with Crippen LogP contribution < -0.4 is 10.6 Å². The minimum atomic E-state index is -0.507. The van der Waals surface area contributed by atoms with Gasteiger partial charge in [-0.15, -0.1) is 6.42 Å². The van der Waals surface area contributed by atoms with Crippen molar-refractivity contribution in [3.63, 3.8) is 0 Å². The number of nitrogens with one attached hydrogen (secondary N) is 2. The molecule has 0 aliphatic heterocycles. The Balaban J connectivity index is 2.21. The lowest BCUT2D eigenvalue weighted by Crippen LogP contribution is -2.25. The predicted octanol–water partition coefficient (Wildman–Crippen LogP) is 2.44. The highest BCUT2D eigenvalue weighted by Gasteiger charge is 2.13. The van der Waals surface area contributed by atoms with E-state index < -0.39 is 17.6 Å². The molecule has 0 fully saturated rings. The van der Waals surface area contributed by atoms with Gasteiger partial charge in [-0.25, -0.2) is 4.39 Å². The lowest BCUT2D eigenvalue weighted by Gasteiger charge is -2.10. The lowest BCUT2D eigenvalue weighted by atomic mass is 10.1. The molecule has 0 heterocycles. The summed E-state index contributed by atoms with van der Waals surface area (Å²) in [5.74, 6) is 0.895. The second-order valence-electron chi connectivity index (χ2n) is 4.40. The van der Waals surface area contributed by atoms with Crippen molar-refractivity contribution in [3.05, 3.63) is 65.5 Å². The van der Waals surface area contributed by atoms with Gasteiger partial charge in [-0.3, -0.25) is 9.59 Å². The van der Waals surface area contributed by atoms with Crippen LogP contribution in [0.3, 0.4) is 0 Å². The molecule has 0 saturated heterocycles. The zero-order chi connectivity index (χ0) is 15.9. The summed E-state index contributed by atoms with van der Waals surface area (Å²) >= 11 is 0. The number of terminal acetylenes is 1. The molecule has 0 aliphatic carbocycles. The number of hydrogen-bond donors (Lipinski definition) is 2. The zero-order valence-electron chi connectivity index (χ0n) is 11.6. The van der Waals surface area contributed by atoms with Crippen molar-refractivity contribution in [1.82, 2.24) is 5.32 Å². The van der Waals surface area contributed by atoms with Crippen LogP contribution in [0.5, 0.6) is 0 Å². The van der Waals surface area contributed by atoms with Gasteiger partial charge in [-0.1, -0.05) is 24.1 Å². The number of benzene rings is 2. The first-order chi connectivity index (χ1) is 10.6. The van der Waals surface area contributed by atoms with E-state index in [0.29, 0.717) is 5.69 Å². The minimum Gasteiger partial charge on any atom is -0.341 e. The SMILES string of the molecule is C#CCNC(=O)c1ccccc1NC(=O)c1cccc(F)c1. The quantitative estimate of drug-likeness (QED) is 0.851. The number of halogens is 1. The van der Waals surface area contributed by atoms with E-state index in [-0.39, 0.29) is 17.7 Å². The Kier molecular flexibility index (Phi) is 4.89. The lowest BCUT2D eigenvalue weighted by molar-refractivity contribution is 0.0959. The molecule has 0 bridgehead atoms. The first kappa shape index (κ1) is 15.3. The summed E-state index contributed by atoms with van der Waals surface area (Å²) < 4.78 is 13.2. The van der Waals surface area contributed by atoms with Gasteiger partial charge in [0.05, 0.1) is 17.8 Å². The third-order valence-electron chi connectivity index (χ3n) is 2.86. The molecule has 0 saturated carbocycles. The van der Waals surface area contributed by atoms with Crippen molar-refractivity contribution in [1.29, 1.82) is 0 Å². The van der Waals surface area contributed by atoms with Crippen LogP contribution in [0.1, 0.15) is 20.7 Å². The third kappa shape index (κ3) is 3.70.